The molecular formula is C23H18N4O2S. The van der Waals surface area contributed by atoms with Crippen LogP contribution in [0.1, 0.15) is 21.8 Å². The highest BCUT2D eigenvalue weighted by Gasteiger charge is 2.27. The van der Waals surface area contributed by atoms with Crippen LogP contribution >= 0.6 is 11.3 Å². The zero-order valence-corrected chi connectivity index (χ0v) is 17.1. The van der Waals surface area contributed by atoms with Gasteiger partial charge in [-0.05, 0) is 55.7 Å². The first-order valence-electron chi connectivity index (χ1n) is 9.84. The van der Waals surface area contributed by atoms with Crippen molar-refractivity contribution in [1.29, 1.82) is 0 Å². The number of benzene rings is 2. The zero-order valence-electron chi connectivity index (χ0n) is 16.3. The predicted molar refractivity (Wildman–Crippen MR) is 117 cm³/mol. The fraction of sp³-hybridized carbons (Fsp3) is 0.174. The first-order valence-corrected chi connectivity index (χ1v) is 10.7. The van der Waals surface area contributed by atoms with E-state index in [1.807, 2.05) is 42.6 Å². The number of nitrogens with zero attached hydrogens (tertiary/aromatic N) is 4. The van der Waals surface area contributed by atoms with Gasteiger partial charge >= 0.3 is 0 Å². The van der Waals surface area contributed by atoms with Crippen LogP contribution in [-0.4, -0.2) is 27.8 Å². The lowest BCUT2D eigenvalue weighted by molar-refractivity contribution is 0.174. The number of para-hydroxylation sites is 1. The van der Waals surface area contributed by atoms with Crippen molar-refractivity contribution in [3.63, 3.8) is 0 Å². The van der Waals surface area contributed by atoms with Crippen LogP contribution in [0.3, 0.4) is 0 Å². The third-order valence-corrected chi connectivity index (χ3v) is 6.41. The fourth-order valence-electron chi connectivity index (χ4n) is 4.01. The molecule has 7 heteroatoms. The van der Waals surface area contributed by atoms with Gasteiger partial charge in [0.25, 0.3) is 0 Å². The summed E-state index contributed by atoms with van der Waals surface area (Å²) in [6.45, 7) is 2.33. The number of hydrogen-bond acceptors (Lipinski definition) is 6. The summed E-state index contributed by atoms with van der Waals surface area (Å²) in [6.07, 6.45) is 3.73. The molecule has 1 aliphatic carbocycles. The minimum atomic E-state index is 0.271. The molecule has 0 bridgehead atoms. The first-order chi connectivity index (χ1) is 14.8. The van der Waals surface area contributed by atoms with Crippen molar-refractivity contribution in [3.05, 3.63) is 70.4 Å². The van der Waals surface area contributed by atoms with Gasteiger partial charge < -0.3 is 9.47 Å². The Balaban J connectivity index is 1.35. The molecule has 1 aliphatic heterocycles. The molecule has 0 spiro atoms. The molecule has 0 saturated carbocycles. The van der Waals surface area contributed by atoms with Crippen LogP contribution in [0.15, 0.2) is 53.5 Å². The van der Waals surface area contributed by atoms with E-state index in [1.165, 1.54) is 10.6 Å². The summed E-state index contributed by atoms with van der Waals surface area (Å²) in [5.74, 6) is 1.53. The Morgan fingerprint density at radius 1 is 1.07 bits per heavy atom. The van der Waals surface area contributed by atoms with E-state index in [1.54, 1.807) is 11.3 Å². The lowest BCUT2D eigenvalue weighted by Crippen LogP contribution is -2.07. The molecule has 3 heterocycles. The maximum atomic E-state index is 5.44. The van der Waals surface area contributed by atoms with Crippen LogP contribution in [0.4, 0.5) is 5.13 Å². The summed E-state index contributed by atoms with van der Waals surface area (Å²) in [4.78, 5) is 10.8. The lowest BCUT2D eigenvalue weighted by atomic mass is 9.98. The molecule has 2 aliphatic rings. The van der Waals surface area contributed by atoms with Crippen LogP contribution in [0.25, 0.3) is 16.9 Å². The Hall–Kier alpha value is -3.45. The Morgan fingerprint density at radius 2 is 1.93 bits per heavy atom. The normalized spacial score (nSPS) is 14.2. The van der Waals surface area contributed by atoms with Gasteiger partial charge in [-0.2, -0.15) is 5.10 Å². The van der Waals surface area contributed by atoms with Gasteiger partial charge in [-0.15, -0.1) is 0 Å². The Labute approximate surface area is 177 Å². The third-order valence-electron chi connectivity index (χ3n) is 5.39. The smallest absolute Gasteiger partial charge is 0.231 e. The molecule has 0 N–H and O–H groups in total. The Morgan fingerprint density at radius 3 is 2.83 bits per heavy atom. The van der Waals surface area contributed by atoms with Gasteiger partial charge in [-0.3, -0.25) is 0 Å². The number of aliphatic imine (C=N–C) groups is 1. The highest BCUT2D eigenvalue weighted by molar-refractivity contribution is 7.15. The lowest BCUT2D eigenvalue weighted by Gasteiger charge is -2.13. The summed E-state index contributed by atoms with van der Waals surface area (Å²) in [6, 6.07) is 16.1. The standard InChI is InChI=1S/C23H18N4O2S/c1-14-21-17(27(26-14)16-5-3-2-4-6-16)8-10-20-22(21)25-23(30-20)24-12-15-7-9-18-19(11-15)29-13-28-18/h2-7,9,11-12H,8,10,13H2,1H3/b24-12+. The third kappa shape index (κ3) is 2.81. The van der Waals surface area contributed by atoms with E-state index in [2.05, 4.69) is 28.7 Å². The molecule has 0 atom stereocenters. The van der Waals surface area contributed by atoms with E-state index in [4.69, 9.17) is 19.6 Å². The summed E-state index contributed by atoms with van der Waals surface area (Å²) in [7, 11) is 0. The molecule has 2 aromatic heterocycles. The van der Waals surface area contributed by atoms with E-state index in [0.717, 1.165) is 57.7 Å². The van der Waals surface area contributed by atoms with Crippen molar-refractivity contribution in [1.82, 2.24) is 14.8 Å². The van der Waals surface area contributed by atoms with Crippen molar-refractivity contribution in [2.75, 3.05) is 6.79 Å². The molecule has 148 valence electrons. The molecule has 30 heavy (non-hydrogen) atoms. The van der Waals surface area contributed by atoms with Crippen molar-refractivity contribution < 1.29 is 9.47 Å². The molecule has 6 nitrogen and oxygen atoms in total. The number of rotatable bonds is 3. The molecule has 0 fully saturated rings. The maximum Gasteiger partial charge on any atom is 0.231 e. The number of ether oxygens (including phenoxy) is 2. The highest BCUT2D eigenvalue weighted by Crippen LogP contribution is 2.41. The number of aromatic nitrogens is 3. The largest absolute Gasteiger partial charge is 0.454 e. The van der Waals surface area contributed by atoms with Crippen molar-refractivity contribution in [2.45, 2.75) is 19.8 Å². The summed E-state index contributed by atoms with van der Waals surface area (Å²) in [5.41, 5.74) is 6.46. The van der Waals surface area contributed by atoms with Gasteiger partial charge in [0.2, 0.25) is 11.9 Å². The molecule has 4 aromatic rings. The number of thiazole rings is 1. The van der Waals surface area contributed by atoms with E-state index < -0.39 is 0 Å². The Bertz CT molecular complexity index is 1290. The minimum Gasteiger partial charge on any atom is -0.454 e. The molecule has 0 unspecified atom stereocenters. The summed E-state index contributed by atoms with van der Waals surface area (Å²) < 4.78 is 12.9. The minimum absolute atomic E-state index is 0.271. The summed E-state index contributed by atoms with van der Waals surface area (Å²) in [5, 5.41) is 5.58. The van der Waals surface area contributed by atoms with Gasteiger partial charge in [0.15, 0.2) is 11.5 Å². The first kappa shape index (κ1) is 17.4. The van der Waals surface area contributed by atoms with E-state index in [-0.39, 0.29) is 6.79 Å². The van der Waals surface area contributed by atoms with E-state index >= 15 is 0 Å². The van der Waals surface area contributed by atoms with E-state index in [0.29, 0.717) is 0 Å². The second kappa shape index (κ2) is 6.81. The van der Waals surface area contributed by atoms with Crippen LogP contribution in [-0.2, 0) is 12.8 Å². The molecule has 0 saturated heterocycles. The van der Waals surface area contributed by atoms with Crippen LogP contribution in [0.2, 0.25) is 0 Å². The molecule has 2 aromatic carbocycles. The van der Waals surface area contributed by atoms with Crippen LogP contribution in [0.5, 0.6) is 11.5 Å². The average molecular weight is 414 g/mol. The van der Waals surface area contributed by atoms with Gasteiger partial charge in [-0.1, -0.05) is 29.5 Å². The van der Waals surface area contributed by atoms with Crippen molar-refractivity contribution >= 4 is 22.7 Å². The number of hydrogen-bond donors (Lipinski definition) is 0. The van der Waals surface area contributed by atoms with E-state index in [9.17, 15) is 0 Å². The monoisotopic (exact) mass is 414 g/mol. The van der Waals surface area contributed by atoms with Crippen LogP contribution < -0.4 is 9.47 Å². The predicted octanol–water partition coefficient (Wildman–Crippen LogP) is 4.88. The zero-order chi connectivity index (χ0) is 20.1. The van der Waals surface area contributed by atoms with Gasteiger partial charge in [0, 0.05) is 16.7 Å². The van der Waals surface area contributed by atoms with Crippen molar-refractivity contribution in [2.24, 2.45) is 4.99 Å². The topological polar surface area (TPSA) is 61.5 Å². The van der Waals surface area contributed by atoms with Gasteiger partial charge in [0.1, 0.15) is 0 Å². The van der Waals surface area contributed by atoms with Crippen molar-refractivity contribution in [3.8, 4) is 28.4 Å². The molecular weight excluding hydrogens is 396 g/mol. The average Bonchev–Trinajstić information content (AvgIpc) is 3.48. The molecule has 0 amide bonds. The molecule has 6 rings (SSSR count). The molecule has 0 radical (unpaired) electrons. The quantitative estimate of drug-likeness (QED) is 0.448. The highest BCUT2D eigenvalue weighted by atomic mass is 32.1. The SMILES string of the molecule is Cc1nn(-c2ccccc2)c2c1-c1nc(/N=C/c3ccc4c(c3)OCO4)sc1CC2. The van der Waals surface area contributed by atoms with Gasteiger partial charge in [-0.25, -0.2) is 14.7 Å². The fourth-order valence-corrected chi connectivity index (χ4v) is 4.92. The van der Waals surface area contributed by atoms with Crippen LogP contribution in [0, 0.1) is 6.92 Å². The van der Waals surface area contributed by atoms with Gasteiger partial charge in [0.05, 0.1) is 22.8 Å². The number of fused-ring (bicyclic) bond motifs is 4. The summed E-state index contributed by atoms with van der Waals surface area (Å²) >= 11 is 1.66. The second-order valence-corrected chi connectivity index (χ2v) is 8.36. The Kier molecular flexibility index (Phi) is 3.95. The maximum absolute atomic E-state index is 5.44. The number of aryl methyl sites for hydroxylation is 2. The second-order valence-electron chi connectivity index (χ2n) is 7.29.